The van der Waals surface area contributed by atoms with Crippen molar-refractivity contribution in [2.24, 2.45) is 0 Å². The minimum atomic E-state index is 0.593. The molecule has 0 aromatic rings. The van der Waals surface area contributed by atoms with Crippen LogP contribution in [0.3, 0.4) is 0 Å². The summed E-state index contributed by atoms with van der Waals surface area (Å²) in [5, 5.41) is 3.54. The van der Waals surface area contributed by atoms with Gasteiger partial charge in [-0.2, -0.15) is 0 Å². The van der Waals surface area contributed by atoms with E-state index in [4.69, 9.17) is 4.74 Å². The summed E-state index contributed by atoms with van der Waals surface area (Å²) in [7, 11) is 0. The zero-order chi connectivity index (χ0) is 10.3. The topological polar surface area (TPSA) is 21.3 Å². The fourth-order valence-corrected chi connectivity index (χ4v) is 2.81. The standard InChI is InChI=1S/C13H25NO/c1-2-8-13(9-3-1)15-11-5-7-12-6-4-10-14-12/h12-14H,1-11H2. The first-order valence-electron chi connectivity index (χ1n) is 6.80. The number of ether oxygens (including phenoxy) is 1. The van der Waals surface area contributed by atoms with Gasteiger partial charge >= 0.3 is 0 Å². The van der Waals surface area contributed by atoms with Crippen LogP contribution in [-0.2, 0) is 4.74 Å². The molecule has 88 valence electrons. The molecule has 2 rings (SSSR count). The highest BCUT2D eigenvalue weighted by Gasteiger charge is 2.15. The average molecular weight is 211 g/mol. The molecule has 1 unspecified atom stereocenters. The van der Waals surface area contributed by atoms with Crippen LogP contribution in [0.5, 0.6) is 0 Å². The first kappa shape index (κ1) is 11.4. The van der Waals surface area contributed by atoms with Crippen molar-refractivity contribution in [2.75, 3.05) is 13.2 Å². The van der Waals surface area contributed by atoms with E-state index in [-0.39, 0.29) is 0 Å². The number of hydrogen-bond acceptors (Lipinski definition) is 2. The van der Waals surface area contributed by atoms with Crippen molar-refractivity contribution in [2.45, 2.75) is 69.9 Å². The highest BCUT2D eigenvalue weighted by atomic mass is 16.5. The van der Waals surface area contributed by atoms with Gasteiger partial charge in [-0.15, -0.1) is 0 Å². The van der Waals surface area contributed by atoms with Crippen LogP contribution in [0.25, 0.3) is 0 Å². The van der Waals surface area contributed by atoms with Gasteiger partial charge in [0.1, 0.15) is 0 Å². The molecule has 0 aromatic heterocycles. The lowest BCUT2D eigenvalue weighted by atomic mass is 9.98. The molecule has 1 atom stereocenters. The quantitative estimate of drug-likeness (QED) is 0.706. The Morgan fingerprint density at radius 3 is 2.60 bits per heavy atom. The number of hydrogen-bond donors (Lipinski definition) is 1. The molecule has 1 aliphatic heterocycles. The van der Waals surface area contributed by atoms with E-state index in [9.17, 15) is 0 Å². The van der Waals surface area contributed by atoms with Gasteiger partial charge in [-0.3, -0.25) is 0 Å². The van der Waals surface area contributed by atoms with Crippen molar-refractivity contribution >= 4 is 0 Å². The van der Waals surface area contributed by atoms with E-state index in [2.05, 4.69) is 5.32 Å². The van der Waals surface area contributed by atoms with Gasteiger partial charge in [0.25, 0.3) is 0 Å². The Labute approximate surface area is 93.8 Å². The molecule has 1 saturated carbocycles. The lowest BCUT2D eigenvalue weighted by Crippen LogP contribution is -2.22. The Bertz CT molecular complexity index is 160. The largest absolute Gasteiger partial charge is 0.378 e. The van der Waals surface area contributed by atoms with E-state index < -0.39 is 0 Å². The number of rotatable bonds is 5. The van der Waals surface area contributed by atoms with E-state index in [1.54, 1.807) is 0 Å². The zero-order valence-corrected chi connectivity index (χ0v) is 9.84. The Balaban J connectivity index is 1.47. The fraction of sp³-hybridized carbons (Fsp3) is 1.00. The van der Waals surface area contributed by atoms with Crippen molar-refractivity contribution in [3.05, 3.63) is 0 Å². The normalized spacial score (nSPS) is 28.4. The predicted octanol–water partition coefficient (Wildman–Crippen LogP) is 2.87. The third kappa shape index (κ3) is 4.12. The van der Waals surface area contributed by atoms with E-state index >= 15 is 0 Å². The molecule has 0 aromatic carbocycles. The molecule has 2 heteroatoms. The minimum absolute atomic E-state index is 0.593. The fourth-order valence-electron chi connectivity index (χ4n) is 2.81. The molecule has 15 heavy (non-hydrogen) atoms. The molecule has 0 radical (unpaired) electrons. The second kappa shape index (κ2) is 6.49. The van der Waals surface area contributed by atoms with Crippen LogP contribution in [-0.4, -0.2) is 25.3 Å². The number of nitrogens with one attached hydrogen (secondary N) is 1. The molecule has 0 bridgehead atoms. The highest BCUT2D eigenvalue weighted by Crippen LogP contribution is 2.20. The Hall–Kier alpha value is -0.0800. The molecular weight excluding hydrogens is 186 g/mol. The molecule has 1 N–H and O–H groups in total. The van der Waals surface area contributed by atoms with Crippen LogP contribution < -0.4 is 5.32 Å². The van der Waals surface area contributed by atoms with Gasteiger partial charge in [0.2, 0.25) is 0 Å². The molecular formula is C13H25NO. The van der Waals surface area contributed by atoms with Crippen LogP contribution >= 0.6 is 0 Å². The van der Waals surface area contributed by atoms with Gasteiger partial charge in [0, 0.05) is 12.6 Å². The first-order valence-corrected chi connectivity index (χ1v) is 6.80. The maximum absolute atomic E-state index is 5.91. The lowest BCUT2D eigenvalue weighted by Gasteiger charge is -2.22. The summed E-state index contributed by atoms with van der Waals surface area (Å²) in [6, 6.07) is 0.792. The summed E-state index contributed by atoms with van der Waals surface area (Å²) in [6.07, 6.45) is 12.7. The van der Waals surface area contributed by atoms with Gasteiger partial charge in [0.05, 0.1) is 6.10 Å². The van der Waals surface area contributed by atoms with Crippen molar-refractivity contribution in [3.63, 3.8) is 0 Å². The van der Waals surface area contributed by atoms with Gasteiger partial charge in [0.15, 0.2) is 0 Å². The highest BCUT2D eigenvalue weighted by molar-refractivity contribution is 4.73. The smallest absolute Gasteiger partial charge is 0.0575 e. The SMILES string of the molecule is C1CCC(OCCCC2CCCN2)CC1. The zero-order valence-electron chi connectivity index (χ0n) is 9.84. The van der Waals surface area contributed by atoms with E-state index in [1.165, 1.54) is 64.3 Å². The minimum Gasteiger partial charge on any atom is -0.378 e. The molecule has 2 aliphatic rings. The molecule has 0 spiro atoms. The van der Waals surface area contributed by atoms with Crippen LogP contribution in [0.15, 0.2) is 0 Å². The monoisotopic (exact) mass is 211 g/mol. The average Bonchev–Trinajstić information content (AvgIpc) is 2.79. The predicted molar refractivity (Wildman–Crippen MR) is 63.1 cm³/mol. The second-order valence-electron chi connectivity index (χ2n) is 5.07. The van der Waals surface area contributed by atoms with E-state index in [1.807, 2.05) is 0 Å². The van der Waals surface area contributed by atoms with Crippen LogP contribution in [0.4, 0.5) is 0 Å². The Morgan fingerprint density at radius 1 is 1.00 bits per heavy atom. The van der Waals surface area contributed by atoms with Crippen molar-refractivity contribution in [1.82, 2.24) is 5.32 Å². The summed E-state index contributed by atoms with van der Waals surface area (Å²) in [4.78, 5) is 0. The summed E-state index contributed by atoms with van der Waals surface area (Å²) < 4.78 is 5.91. The molecule has 0 amide bonds. The molecule has 2 nitrogen and oxygen atoms in total. The lowest BCUT2D eigenvalue weighted by molar-refractivity contribution is 0.0257. The molecule has 2 fully saturated rings. The summed E-state index contributed by atoms with van der Waals surface area (Å²) >= 11 is 0. The molecule has 1 aliphatic carbocycles. The summed E-state index contributed by atoms with van der Waals surface area (Å²) in [6.45, 7) is 2.22. The maximum atomic E-state index is 5.91. The Kier molecular flexibility index (Phi) is 4.94. The third-order valence-corrected chi connectivity index (χ3v) is 3.77. The first-order chi connectivity index (χ1) is 7.45. The van der Waals surface area contributed by atoms with Gasteiger partial charge in [-0.05, 0) is 45.1 Å². The molecule has 1 heterocycles. The maximum Gasteiger partial charge on any atom is 0.0575 e. The summed E-state index contributed by atoms with van der Waals surface area (Å²) in [5.74, 6) is 0. The van der Waals surface area contributed by atoms with E-state index in [0.29, 0.717) is 6.10 Å². The third-order valence-electron chi connectivity index (χ3n) is 3.77. The van der Waals surface area contributed by atoms with E-state index in [0.717, 1.165) is 12.6 Å². The van der Waals surface area contributed by atoms with Crippen molar-refractivity contribution < 1.29 is 4.74 Å². The van der Waals surface area contributed by atoms with Crippen molar-refractivity contribution in [3.8, 4) is 0 Å². The van der Waals surface area contributed by atoms with Gasteiger partial charge < -0.3 is 10.1 Å². The summed E-state index contributed by atoms with van der Waals surface area (Å²) in [5.41, 5.74) is 0. The Morgan fingerprint density at radius 2 is 1.87 bits per heavy atom. The molecule has 1 saturated heterocycles. The van der Waals surface area contributed by atoms with Crippen LogP contribution in [0, 0.1) is 0 Å². The van der Waals surface area contributed by atoms with Gasteiger partial charge in [-0.1, -0.05) is 19.3 Å². The van der Waals surface area contributed by atoms with Gasteiger partial charge in [-0.25, -0.2) is 0 Å². The second-order valence-corrected chi connectivity index (χ2v) is 5.07. The van der Waals surface area contributed by atoms with Crippen LogP contribution in [0.1, 0.15) is 57.8 Å². The van der Waals surface area contributed by atoms with Crippen molar-refractivity contribution in [1.29, 1.82) is 0 Å². The van der Waals surface area contributed by atoms with Crippen LogP contribution in [0.2, 0.25) is 0 Å².